The Hall–Kier alpha value is -3.14. The van der Waals surface area contributed by atoms with E-state index in [1.807, 2.05) is 71.3 Å². The van der Waals surface area contributed by atoms with Crippen LogP contribution in [0.1, 0.15) is 47.9 Å². The fraction of sp³-hybridized carbons (Fsp3) is 0.280. The van der Waals surface area contributed by atoms with Crippen molar-refractivity contribution in [3.8, 4) is 11.3 Å². The van der Waals surface area contributed by atoms with Gasteiger partial charge in [-0.1, -0.05) is 74.5 Å². The van der Waals surface area contributed by atoms with Gasteiger partial charge in [0, 0.05) is 29.8 Å². The lowest BCUT2D eigenvalue weighted by atomic mass is 9.76. The zero-order chi connectivity index (χ0) is 20.6. The van der Waals surface area contributed by atoms with Gasteiger partial charge in [0.25, 0.3) is 0 Å². The number of rotatable bonds is 5. The SMILES string of the molecule is CC1(C)CC(=O)c2cc(-c3ccccc3)n(C(Cc3ccccc3)C(=O)O)c2C1. The number of fused-ring (bicyclic) bond motifs is 1. The molecule has 0 fully saturated rings. The van der Waals surface area contributed by atoms with Crippen LogP contribution in [0.25, 0.3) is 11.3 Å². The van der Waals surface area contributed by atoms with E-state index in [0.717, 1.165) is 22.5 Å². The molecular weight excluding hydrogens is 362 g/mol. The fourth-order valence-electron chi connectivity index (χ4n) is 4.35. The maximum Gasteiger partial charge on any atom is 0.327 e. The Kier molecular flexibility index (Phi) is 4.87. The number of carbonyl (C=O) groups excluding carboxylic acids is 1. The number of hydrogen-bond acceptors (Lipinski definition) is 2. The third kappa shape index (κ3) is 3.75. The molecule has 0 saturated heterocycles. The van der Waals surface area contributed by atoms with Gasteiger partial charge >= 0.3 is 5.97 Å². The second kappa shape index (κ2) is 7.36. The summed E-state index contributed by atoms with van der Waals surface area (Å²) in [6.45, 7) is 4.14. The molecule has 1 unspecified atom stereocenters. The Bertz CT molecular complexity index is 1050. The Labute approximate surface area is 170 Å². The van der Waals surface area contributed by atoms with E-state index in [2.05, 4.69) is 13.8 Å². The fourth-order valence-corrected chi connectivity index (χ4v) is 4.35. The van der Waals surface area contributed by atoms with Gasteiger partial charge in [0.15, 0.2) is 5.78 Å². The third-order valence-electron chi connectivity index (χ3n) is 5.67. The van der Waals surface area contributed by atoms with Crippen molar-refractivity contribution in [1.29, 1.82) is 0 Å². The quantitative estimate of drug-likeness (QED) is 0.656. The molecule has 0 saturated carbocycles. The molecule has 2 aromatic carbocycles. The number of ketones is 1. The first-order chi connectivity index (χ1) is 13.9. The van der Waals surface area contributed by atoms with E-state index in [9.17, 15) is 14.7 Å². The number of aliphatic carboxylic acids is 1. The molecule has 3 aromatic rings. The van der Waals surface area contributed by atoms with E-state index in [1.54, 1.807) is 0 Å². The Balaban J connectivity index is 1.92. The summed E-state index contributed by atoms with van der Waals surface area (Å²) in [6.07, 6.45) is 1.53. The molecule has 1 aliphatic carbocycles. The van der Waals surface area contributed by atoms with Crippen molar-refractivity contribution in [3.63, 3.8) is 0 Å². The first-order valence-corrected chi connectivity index (χ1v) is 9.95. The highest BCUT2D eigenvalue weighted by Gasteiger charge is 2.37. The number of aromatic nitrogens is 1. The summed E-state index contributed by atoms with van der Waals surface area (Å²) in [5.74, 6) is -0.795. The smallest absolute Gasteiger partial charge is 0.327 e. The minimum absolute atomic E-state index is 0.0935. The van der Waals surface area contributed by atoms with Crippen LogP contribution in [-0.2, 0) is 17.6 Å². The van der Waals surface area contributed by atoms with Crippen LogP contribution in [0.4, 0.5) is 0 Å². The number of Topliss-reactive ketones (excluding diaryl/α,β-unsaturated/α-hetero) is 1. The number of benzene rings is 2. The minimum atomic E-state index is -0.889. The van der Waals surface area contributed by atoms with E-state index in [-0.39, 0.29) is 11.2 Å². The highest BCUT2D eigenvalue weighted by molar-refractivity contribution is 6.00. The second-order valence-corrected chi connectivity index (χ2v) is 8.61. The molecule has 148 valence electrons. The van der Waals surface area contributed by atoms with Gasteiger partial charge < -0.3 is 9.67 Å². The molecule has 1 heterocycles. The van der Waals surface area contributed by atoms with Gasteiger partial charge in [-0.25, -0.2) is 4.79 Å². The van der Waals surface area contributed by atoms with Gasteiger partial charge in [-0.05, 0) is 29.0 Å². The van der Waals surface area contributed by atoms with Gasteiger partial charge in [-0.15, -0.1) is 0 Å². The van der Waals surface area contributed by atoms with Gasteiger partial charge in [-0.3, -0.25) is 4.79 Å². The average molecular weight is 387 g/mol. The number of nitrogens with zero attached hydrogens (tertiary/aromatic N) is 1. The van der Waals surface area contributed by atoms with Crippen molar-refractivity contribution < 1.29 is 14.7 Å². The largest absolute Gasteiger partial charge is 0.480 e. The lowest BCUT2D eigenvalue weighted by Crippen LogP contribution is -2.31. The van der Waals surface area contributed by atoms with Crippen LogP contribution in [0.2, 0.25) is 0 Å². The van der Waals surface area contributed by atoms with Gasteiger partial charge in [-0.2, -0.15) is 0 Å². The van der Waals surface area contributed by atoms with Crippen molar-refractivity contribution >= 4 is 11.8 Å². The van der Waals surface area contributed by atoms with Crippen molar-refractivity contribution in [1.82, 2.24) is 4.57 Å². The molecule has 0 amide bonds. The van der Waals surface area contributed by atoms with Crippen LogP contribution in [0, 0.1) is 5.41 Å². The lowest BCUT2D eigenvalue weighted by molar-refractivity contribution is -0.140. The third-order valence-corrected chi connectivity index (χ3v) is 5.67. The summed E-state index contributed by atoms with van der Waals surface area (Å²) in [7, 11) is 0. The molecule has 0 bridgehead atoms. The summed E-state index contributed by atoms with van der Waals surface area (Å²) in [5, 5.41) is 10.2. The molecule has 1 aromatic heterocycles. The van der Waals surface area contributed by atoms with E-state index < -0.39 is 12.0 Å². The van der Waals surface area contributed by atoms with E-state index in [0.29, 0.717) is 24.8 Å². The predicted octanol–water partition coefficient (Wildman–Crippen LogP) is 5.18. The Morgan fingerprint density at radius 1 is 1.03 bits per heavy atom. The Morgan fingerprint density at radius 2 is 1.66 bits per heavy atom. The van der Waals surface area contributed by atoms with E-state index in [4.69, 9.17) is 0 Å². The molecule has 29 heavy (non-hydrogen) atoms. The highest BCUT2D eigenvalue weighted by Crippen LogP contribution is 2.40. The van der Waals surface area contributed by atoms with Crippen LogP contribution in [0.5, 0.6) is 0 Å². The van der Waals surface area contributed by atoms with Gasteiger partial charge in [0.05, 0.1) is 0 Å². The summed E-state index contributed by atoms with van der Waals surface area (Å²) in [5.41, 5.74) is 4.00. The molecule has 4 nitrogen and oxygen atoms in total. The van der Waals surface area contributed by atoms with Crippen molar-refractivity contribution in [2.24, 2.45) is 5.41 Å². The molecule has 4 heteroatoms. The number of carboxylic acids is 1. The second-order valence-electron chi connectivity index (χ2n) is 8.61. The molecular formula is C25H25NO3. The van der Waals surface area contributed by atoms with Crippen molar-refractivity contribution in [2.45, 2.75) is 39.2 Å². The molecule has 1 N–H and O–H groups in total. The van der Waals surface area contributed by atoms with Gasteiger partial charge in [0.2, 0.25) is 0 Å². The molecule has 0 spiro atoms. The predicted molar refractivity (Wildman–Crippen MR) is 113 cm³/mol. The first kappa shape index (κ1) is 19.2. The topological polar surface area (TPSA) is 59.3 Å². The van der Waals surface area contributed by atoms with Crippen molar-refractivity contribution in [3.05, 3.63) is 83.6 Å². The molecule has 4 rings (SSSR count). The number of carbonyl (C=O) groups is 2. The van der Waals surface area contributed by atoms with Crippen LogP contribution in [0.3, 0.4) is 0 Å². The lowest BCUT2D eigenvalue weighted by Gasteiger charge is -2.31. The van der Waals surface area contributed by atoms with Crippen LogP contribution >= 0.6 is 0 Å². The van der Waals surface area contributed by atoms with Crippen LogP contribution in [0.15, 0.2) is 66.7 Å². The maximum atomic E-state index is 12.9. The molecule has 1 aliphatic rings. The summed E-state index contributed by atoms with van der Waals surface area (Å²) in [6, 6.07) is 20.5. The normalized spacial score (nSPS) is 16.3. The number of carboxylic acid groups (broad SMARTS) is 1. The molecule has 0 radical (unpaired) electrons. The number of hydrogen-bond donors (Lipinski definition) is 1. The summed E-state index contributed by atoms with van der Waals surface area (Å²) < 4.78 is 1.90. The zero-order valence-electron chi connectivity index (χ0n) is 16.8. The van der Waals surface area contributed by atoms with Crippen molar-refractivity contribution in [2.75, 3.05) is 0 Å². The zero-order valence-corrected chi connectivity index (χ0v) is 16.8. The average Bonchev–Trinajstić information content (AvgIpc) is 3.05. The van der Waals surface area contributed by atoms with E-state index >= 15 is 0 Å². The summed E-state index contributed by atoms with van der Waals surface area (Å²) in [4.78, 5) is 25.3. The van der Waals surface area contributed by atoms with Gasteiger partial charge in [0.1, 0.15) is 6.04 Å². The summed E-state index contributed by atoms with van der Waals surface area (Å²) >= 11 is 0. The van der Waals surface area contributed by atoms with Crippen LogP contribution < -0.4 is 0 Å². The van der Waals surface area contributed by atoms with Crippen LogP contribution in [-0.4, -0.2) is 21.4 Å². The maximum absolute atomic E-state index is 12.9. The van der Waals surface area contributed by atoms with E-state index in [1.165, 1.54) is 0 Å². The Morgan fingerprint density at radius 3 is 2.28 bits per heavy atom. The molecule has 1 atom stereocenters. The molecule has 0 aliphatic heterocycles. The minimum Gasteiger partial charge on any atom is -0.480 e. The standard InChI is InChI=1S/C25H25NO3/c1-25(2)15-22-19(23(27)16-25)14-20(18-11-7-4-8-12-18)26(22)21(24(28)29)13-17-9-5-3-6-10-17/h3-12,14,21H,13,15-16H2,1-2H3,(H,28,29). The first-order valence-electron chi connectivity index (χ1n) is 9.95. The monoisotopic (exact) mass is 387 g/mol. The highest BCUT2D eigenvalue weighted by atomic mass is 16.4.